The first-order chi connectivity index (χ1) is 9.74. The minimum Gasteiger partial charge on any atom is -0.379 e. The van der Waals surface area contributed by atoms with Crippen LogP contribution in [0.5, 0.6) is 0 Å². The molecule has 1 aromatic carbocycles. The van der Waals surface area contributed by atoms with Crippen LogP contribution in [0.2, 0.25) is 0 Å². The molecule has 3 nitrogen and oxygen atoms in total. The summed E-state index contributed by atoms with van der Waals surface area (Å²) in [6.07, 6.45) is 2.39. The lowest BCUT2D eigenvalue weighted by atomic mass is 10.1. The van der Waals surface area contributed by atoms with Crippen LogP contribution in [0.25, 0.3) is 0 Å². The van der Waals surface area contributed by atoms with Gasteiger partial charge in [-0.3, -0.25) is 0 Å². The van der Waals surface area contributed by atoms with Gasteiger partial charge in [0.05, 0.1) is 19.3 Å². The van der Waals surface area contributed by atoms with Crippen LogP contribution in [0.1, 0.15) is 45.3 Å². The topological polar surface area (TPSA) is 30.5 Å². The van der Waals surface area contributed by atoms with E-state index >= 15 is 0 Å². The van der Waals surface area contributed by atoms with Crippen molar-refractivity contribution in [1.82, 2.24) is 5.32 Å². The van der Waals surface area contributed by atoms with Crippen molar-refractivity contribution in [3.8, 4) is 0 Å². The molecule has 0 saturated heterocycles. The lowest BCUT2D eigenvalue weighted by Gasteiger charge is -2.20. The lowest BCUT2D eigenvalue weighted by Crippen LogP contribution is -2.29. The Bertz CT molecular complexity index is 327. The van der Waals surface area contributed by atoms with E-state index < -0.39 is 0 Å². The molecule has 0 amide bonds. The van der Waals surface area contributed by atoms with Gasteiger partial charge < -0.3 is 14.8 Å². The average Bonchev–Trinajstić information content (AvgIpc) is 2.46. The normalized spacial score (nSPS) is 12.8. The van der Waals surface area contributed by atoms with Gasteiger partial charge in [0.1, 0.15) is 0 Å². The first-order valence-corrected chi connectivity index (χ1v) is 7.71. The summed E-state index contributed by atoms with van der Waals surface area (Å²) in [4.78, 5) is 0. The molecule has 3 heteroatoms. The summed E-state index contributed by atoms with van der Waals surface area (Å²) in [7, 11) is 0. The van der Waals surface area contributed by atoms with Crippen molar-refractivity contribution in [2.24, 2.45) is 0 Å². The smallest absolute Gasteiger partial charge is 0.0950 e. The minimum atomic E-state index is 0.0911. The van der Waals surface area contributed by atoms with E-state index in [1.165, 1.54) is 12.0 Å². The van der Waals surface area contributed by atoms with Crippen LogP contribution in [-0.2, 0) is 9.47 Å². The highest BCUT2D eigenvalue weighted by Crippen LogP contribution is 2.16. The minimum absolute atomic E-state index is 0.0911. The third-order valence-electron chi connectivity index (χ3n) is 3.07. The molecule has 0 aromatic heterocycles. The molecular formula is C17H29NO2. The van der Waals surface area contributed by atoms with Gasteiger partial charge in [-0.25, -0.2) is 0 Å². The van der Waals surface area contributed by atoms with Gasteiger partial charge in [-0.15, -0.1) is 0 Å². The molecule has 0 aliphatic carbocycles. The van der Waals surface area contributed by atoms with Gasteiger partial charge in [0.25, 0.3) is 0 Å². The number of rotatable bonds is 11. The molecule has 1 N–H and O–H groups in total. The van der Waals surface area contributed by atoms with Gasteiger partial charge in [-0.05, 0) is 12.0 Å². The summed E-state index contributed by atoms with van der Waals surface area (Å²) in [5.74, 6) is 0. The fourth-order valence-corrected chi connectivity index (χ4v) is 1.88. The van der Waals surface area contributed by atoms with Crippen LogP contribution in [0.4, 0.5) is 0 Å². The van der Waals surface area contributed by atoms with Crippen molar-refractivity contribution in [1.29, 1.82) is 0 Å². The van der Waals surface area contributed by atoms with Gasteiger partial charge in [-0.1, -0.05) is 57.5 Å². The van der Waals surface area contributed by atoms with Gasteiger partial charge >= 0.3 is 0 Å². The zero-order chi connectivity index (χ0) is 14.6. The van der Waals surface area contributed by atoms with Crippen LogP contribution in [0.15, 0.2) is 30.3 Å². The van der Waals surface area contributed by atoms with Gasteiger partial charge in [0, 0.05) is 19.2 Å². The molecule has 1 atom stereocenters. The quantitative estimate of drug-likeness (QED) is 0.628. The zero-order valence-corrected chi connectivity index (χ0v) is 13.1. The number of ether oxygens (including phenoxy) is 2. The molecule has 1 aromatic rings. The van der Waals surface area contributed by atoms with E-state index in [1.807, 2.05) is 6.07 Å². The predicted octanol–water partition coefficient (Wildman–Crippen LogP) is 3.56. The zero-order valence-electron chi connectivity index (χ0n) is 13.1. The number of hydrogen-bond donors (Lipinski definition) is 1. The molecule has 0 heterocycles. The highest BCUT2D eigenvalue weighted by molar-refractivity contribution is 5.17. The highest BCUT2D eigenvalue weighted by Gasteiger charge is 2.11. The van der Waals surface area contributed by atoms with E-state index in [1.54, 1.807) is 0 Å². The summed E-state index contributed by atoms with van der Waals surface area (Å²) < 4.78 is 11.5. The maximum atomic E-state index is 5.97. The monoisotopic (exact) mass is 279 g/mol. The Kier molecular flexibility index (Phi) is 9.29. The predicted molar refractivity (Wildman–Crippen MR) is 84.0 cm³/mol. The van der Waals surface area contributed by atoms with Crippen LogP contribution in [0.3, 0.4) is 0 Å². The summed E-state index contributed by atoms with van der Waals surface area (Å²) in [6.45, 7) is 9.44. The maximum Gasteiger partial charge on any atom is 0.0950 e. The first-order valence-electron chi connectivity index (χ1n) is 7.71. The Labute approximate surface area is 123 Å². The van der Waals surface area contributed by atoms with Crippen LogP contribution in [0, 0.1) is 0 Å². The molecule has 0 aliphatic rings. The third-order valence-corrected chi connectivity index (χ3v) is 3.07. The van der Waals surface area contributed by atoms with Crippen molar-refractivity contribution in [3.63, 3.8) is 0 Å². The second-order valence-electron chi connectivity index (χ2n) is 5.30. The summed E-state index contributed by atoms with van der Waals surface area (Å²) in [5, 5.41) is 3.44. The number of hydrogen-bond acceptors (Lipinski definition) is 3. The molecule has 1 unspecified atom stereocenters. The molecule has 0 radical (unpaired) electrons. The van der Waals surface area contributed by atoms with E-state index in [4.69, 9.17) is 9.47 Å². The van der Waals surface area contributed by atoms with Gasteiger partial charge in [0.2, 0.25) is 0 Å². The lowest BCUT2D eigenvalue weighted by molar-refractivity contribution is 0.00294. The van der Waals surface area contributed by atoms with E-state index in [2.05, 4.69) is 50.4 Å². The second kappa shape index (κ2) is 10.8. The molecule has 20 heavy (non-hydrogen) atoms. The molecule has 0 spiro atoms. The Morgan fingerprint density at radius 3 is 2.45 bits per heavy atom. The van der Waals surface area contributed by atoms with E-state index in [0.29, 0.717) is 19.3 Å². The van der Waals surface area contributed by atoms with Crippen LogP contribution in [-0.4, -0.2) is 32.4 Å². The molecule has 0 fully saturated rings. The average molecular weight is 279 g/mol. The Morgan fingerprint density at radius 2 is 1.80 bits per heavy atom. The molecule has 0 aliphatic heterocycles. The fourth-order valence-electron chi connectivity index (χ4n) is 1.88. The van der Waals surface area contributed by atoms with Crippen molar-refractivity contribution in [3.05, 3.63) is 35.9 Å². The molecule has 0 bridgehead atoms. The molecule has 1 rings (SSSR count). The van der Waals surface area contributed by atoms with Crippen LogP contribution < -0.4 is 5.32 Å². The largest absolute Gasteiger partial charge is 0.379 e. The Balaban J connectivity index is 2.35. The molecule has 114 valence electrons. The SMILES string of the molecule is CCCCOCCOC(CNC(C)C)c1ccccc1. The standard InChI is InChI=1S/C17H29NO2/c1-4-5-11-19-12-13-20-17(14-18-15(2)3)16-9-7-6-8-10-16/h6-10,15,17-18H,4-5,11-14H2,1-3H3. The molecular weight excluding hydrogens is 250 g/mol. The van der Waals surface area contributed by atoms with Gasteiger partial charge in [-0.2, -0.15) is 0 Å². The van der Waals surface area contributed by atoms with E-state index in [-0.39, 0.29) is 6.10 Å². The summed E-state index contributed by atoms with van der Waals surface area (Å²) in [6, 6.07) is 10.8. The van der Waals surface area contributed by atoms with Gasteiger partial charge in [0.15, 0.2) is 0 Å². The third kappa shape index (κ3) is 7.63. The number of benzene rings is 1. The van der Waals surface area contributed by atoms with E-state index in [0.717, 1.165) is 19.6 Å². The summed E-state index contributed by atoms with van der Waals surface area (Å²) >= 11 is 0. The van der Waals surface area contributed by atoms with Crippen LogP contribution >= 0.6 is 0 Å². The van der Waals surface area contributed by atoms with Crippen molar-refractivity contribution < 1.29 is 9.47 Å². The van der Waals surface area contributed by atoms with Crippen molar-refractivity contribution in [2.75, 3.05) is 26.4 Å². The number of nitrogens with one attached hydrogen (secondary N) is 1. The maximum absolute atomic E-state index is 5.97. The Morgan fingerprint density at radius 1 is 1.05 bits per heavy atom. The van der Waals surface area contributed by atoms with Crippen molar-refractivity contribution >= 4 is 0 Å². The van der Waals surface area contributed by atoms with Crippen molar-refractivity contribution in [2.45, 2.75) is 45.8 Å². The second-order valence-corrected chi connectivity index (χ2v) is 5.30. The summed E-state index contributed by atoms with van der Waals surface area (Å²) in [5.41, 5.74) is 1.22. The number of unbranched alkanes of at least 4 members (excludes halogenated alkanes) is 1. The van der Waals surface area contributed by atoms with E-state index in [9.17, 15) is 0 Å². The molecule has 0 saturated carbocycles. The highest BCUT2D eigenvalue weighted by atomic mass is 16.5. The fraction of sp³-hybridized carbons (Fsp3) is 0.647. The Hall–Kier alpha value is -0.900. The first kappa shape index (κ1) is 17.2.